The average molecular weight is 250 g/mol. The molecule has 0 radical (unpaired) electrons. The summed E-state index contributed by atoms with van der Waals surface area (Å²) in [6, 6.07) is 3.91. The van der Waals surface area contributed by atoms with E-state index in [-0.39, 0.29) is 5.69 Å². The zero-order valence-electron chi connectivity index (χ0n) is 9.27. The van der Waals surface area contributed by atoms with Crippen LogP contribution >= 0.6 is 0 Å². The summed E-state index contributed by atoms with van der Waals surface area (Å²) in [4.78, 5) is 10.7. The molecule has 6 nitrogen and oxygen atoms in total. The monoisotopic (exact) mass is 250 g/mol. The van der Waals surface area contributed by atoms with Gasteiger partial charge >= 0.3 is 5.97 Å². The van der Waals surface area contributed by atoms with Gasteiger partial charge in [-0.1, -0.05) is 0 Å². The van der Waals surface area contributed by atoms with Crippen molar-refractivity contribution in [3.8, 4) is 0 Å². The second-order valence-corrected chi connectivity index (χ2v) is 3.66. The van der Waals surface area contributed by atoms with Crippen molar-refractivity contribution in [2.24, 2.45) is 0 Å². The number of aromatic nitrogens is 2. The van der Waals surface area contributed by atoms with Gasteiger partial charge in [-0.3, -0.25) is 5.10 Å². The molecule has 0 aliphatic carbocycles. The van der Waals surface area contributed by atoms with Crippen molar-refractivity contribution in [2.45, 2.75) is 6.54 Å². The van der Waals surface area contributed by atoms with Gasteiger partial charge in [-0.25, -0.2) is 9.18 Å². The number of hydrogen-bond donors (Lipinski definition) is 4. The Kier molecular flexibility index (Phi) is 3.13. The molecule has 2 rings (SSSR count). The fraction of sp³-hybridized carbons (Fsp3) is 0.0909. The Morgan fingerprint density at radius 3 is 2.94 bits per heavy atom. The summed E-state index contributed by atoms with van der Waals surface area (Å²) in [6.07, 6.45) is 1.59. The number of nitrogen functional groups attached to an aromatic ring is 1. The number of halogens is 1. The van der Waals surface area contributed by atoms with Gasteiger partial charge in [-0.2, -0.15) is 5.10 Å². The summed E-state index contributed by atoms with van der Waals surface area (Å²) in [5.41, 5.74) is 6.52. The summed E-state index contributed by atoms with van der Waals surface area (Å²) >= 11 is 0. The van der Waals surface area contributed by atoms with E-state index in [4.69, 9.17) is 10.8 Å². The zero-order chi connectivity index (χ0) is 13.1. The summed E-state index contributed by atoms with van der Waals surface area (Å²) in [5.74, 6) is -2.18. The molecule has 0 saturated heterocycles. The third kappa shape index (κ3) is 2.40. The van der Waals surface area contributed by atoms with Crippen molar-refractivity contribution in [3.05, 3.63) is 41.5 Å². The van der Waals surface area contributed by atoms with Gasteiger partial charge in [0.2, 0.25) is 0 Å². The molecular weight excluding hydrogens is 239 g/mol. The predicted molar refractivity (Wildman–Crippen MR) is 63.7 cm³/mol. The summed E-state index contributed by atoms with van der Waals surface area (Å²) in [5, 5.41) is 18.1. The fourth-order valence-corrected chi connectivity index (χ4v) is 1.48. The third-order valence-corrected chi connectivity index (χ3v) is 2.40. The lowest BCUT2D eigenvalue weighted by Crippen LogP contribution is -2.07. The molecule has 18 heavy (non-hydrogen) atoms. The van der Waals surface area contributed by atoms with Crippen LogP contribution in [0.5, 0.6) is 0 Å². The first-order valence-corrected chi connectivity index (χ1v) is 5.12. The van der Waals surface area contributed by atoms with E-state index in [1.165, 1.54) is 0 Å². The fourth-order valence-electron chi connectivity index (χ4n) is 1.48. The number of nitrogens with two attached hydrogens (primary N) is 1. The van der Waals surface area contributed by atoms with E-state index in [0.717, 1.165) is 17.8 Å². The molecule has 1 aromatic carbocycles. The average Bonchev–Trinajstić information content (AvgIpc) is 2.82. The Balaban J connectivity index is 2.19. The maximum Gasteiger partial charge on any atom is 0.338 e. The van der Waals surface area contributed by atoms with Gasteiger partial charge in [0.15, 0.2) is 0 Å². The van der Waals surface area contributed by atoms with Crippen LogP contribution in [0.1, 0.15) is 16.1 Å². The zero-order valence-corrected chi connectivity index (χ0v) is 9.27. The largest absolute Gasteiger partial charge is 0.478 e. The molecule has 0 bridgehead atoms. The number of carboxylic acids is 1. The number of rotatable bonds is 4. The van der Waals surface area contributed by atoms with Gasteiger partial charge in [0, 0.05) is 6.20 Å². The molecule has 0 atom stereocenters. The van der Waals surface area contributed by atoms with Crippen LogP contribution in [-0.4, -0.2) is 21.3 Å². The van der Waals surface area contributed by atoms with E-state index in [1.807, 2.05) is 0 Å². The van der Waals surface area contributed by atoms with E-state index in [2.05, 4.69) is 15.5 Å². The molecule has 2 aromatic rings. The van der Waals surface area contributed by atoms with Crippen LogP contribution in [0, 0.1) is 5.82 Å². The number of aromatic carboxylic acids is 1. The third-order valence-electron chi connectivity index (χ3n) is 2.40. The van der Waals surface area contributed by atoms with Gasteiger partial charge in [-0.15, -0.1) is 0 Å². The number of benzene rings is 1. The highest BCUT2D eigenvalue weighted by molar-refractivity contribution is 5.90. The van der Waals surface area contributed by atoms with Crippen LogP contribution < -0.4 is 11.1 Å². The number of nitrogens with one attached hydrogen (secondary N) is 2. The topological polar surface area (TPSA) is 104 Å². The normalized spacial score (nSPS) is 10.3. The maximum atomic E-state index is 13.5. The van der Waals surface area contributed by atoms with Gasteiger partial charge in [-0.05, 0) is 18.2 Å². The molecule has 0 amide bonds. The quantitative estimate of drug-likeness (QED) is 0.615. The molecule has 1 aromatic heterocycles. The lowest BCUT2D eigenvalue weighted by molar-refractivity contribution is 0.0692. The van der Waals surface area contributed by atoms with Crippen LogP contribution in [0.4, 0.5) is 15.8 Å². The van der Waals surface area contributed by atoms with Crippen LogP contribution in [0.2, 0.25) is 0 Å². The minimum Gasteiger partial charge on any atom is -0.478 e. The number of aromatic amines is 1. The van der Waals surface area contributed by atoms with Crippen molar-refractivity contribution in [3.63, 3.8) is 0 Å². The number of anilines is 2. The Morgan fingerprint density at radius 2 is 2.33 bits per heavy atom. The minimum absolute atomic E-state index is 0.174. The van der Waals surface area contributed by atoms with Crippen LogP contribution in [-0.2, 0) is 6.54 Å². The molecule has 94 valence electrons. The van der Waals surface area contributed by atoms with E-state index in [0.29, 0.717) is 12.2 Å². The number of carboxylic acid groups (broad SMARTS) is 1. The molecule has 0 aliphatic rings. The first-order chi connectivity index (χ1) is 8.58. The molecule has 1 heterocycles. The standard InChI is InChI=1S/C11H11FN4O2/c12-8-4-10(9(13)3-7(8)11(17)18)14-5-6-1-2-15-16-6/h1-4,14H,5,13H2,(H,15,16)(H,17,18). The molecule has 0 fully saturated rings. The van der Waals surface area contributed by atoms with Gasteiger partial charge in [0.05, 0.1) is 29.2 Å². The van der Waals surface area contributed by atoms with E-state index in [1.54, 1.807) is 12.3 Å². The molecule has 0 aliphatic heterocycles. The Labute approximate surface area is 102 Å². The Bertz CT molecular complexity index is 569. The number of nitrogens with zero attached hydrogens (tertiary/aromatic N) is 1. The van der Waals surface area contributed by atoms with Gasteiger partial charge < -0.3 is 16.2 Å². The number of hydrogen-bond acceptors (Lipinski definition) is 4. The first-order valence-electron chi connectivity index (χ1n) is 5.12. The molecule has 0 unspecified atom stereocenters. The second-order valence-electron chi connectivity index (χ2n) is 3.66. The second kappa shape index (κ2) is 4.74. The molecule has 5 N–H and O–H groups in total. The highest BCUT2D eigenvalue weighted by Gasteiger charge is 2.13. The number of H-pyrrole nitrogens is 1. The Hall–Kier alpha value is -2.57. The lowest BCUT2D eigenvalue weighted by Gasteiger charge is -2.09. The van der Waals surface area contributed by atoms with Crippen LogP contribution in [0.15, 0.2) is 24.4 Å². The smallest absolute Gasteiger partial charge is 0.338 e. The van der Waals surface area contributed by atoms with Crippen molar-refractivity contribution < 1.29 is 14.3 Å². The minimum atomic E-state index is -1.35. The van der Waals surface area contributed by atoms with Crippen molar-refractivity contribution in [1.29, 1.82) is 0 Å². The van der Waals surface area contributed by atoms with Crippen LogP contribution in [0.3, 0.4) is 0 Å². The number of carbonyl (C=O) groups is 1. The van der Waals surface area contributed by atoms with E-state index < -0.39 is 17.3 Å². The van der Waals surface area contributed by atoms with Crippen LogP contribution in [0.25, 0.3) is 0 Å². The van der Waals surface area contributed by atoms with E-state index in [9.17, 15) is 9.18 Å². The maximum absolute atomic E-state index is 13.5. The molecule has 0 saturated carbocycles. The molecule has 0 spiro atoms. The highest BCUT2D eigenvalue weighted by atomic mass is 19.1. The van der Waals surface area contributed by atoms with Gasteiger partial charge in [0.25, 0.3) is 0 Å². The SMILES string of the molecule is Nc1cc(C(=O)O)c(F)cc1NCc1ccn[nH]1. The summed E-state index contributed by atoms with van der Waals surface area (Å²) in [6.45, 7) is 0.385. The predicted octanol–water partition coefficient (Wildman–Crippen LogP) is 1.44. The highest BCUT2D eigenvalue weighted by Crippen LogP contribution is 2.23. The summed E-state index contributed by atoms with van der Waals surface area (Å²) in [7, 11) is 0. The van der Waals surface area contributed by atoms with Crippen molar-refractivity contribution >= 4 is 17.3 Å². The Morgan fingerprint density at radius 1 is 1.56 bits per heavy atom. The molecule has 7 heteroatoms. The van der Waals surface area contributed by atoms with Crippen molar-refractivity contribution in [1.82, 2.24) is 10.2 Å². The molecular formula is C11H11FN4O2. The van der Waals surface area contributed by atoms with Crippen molar-refractivity contribution in [2.75, 3.05) is 11.1 Å². The van der Waals surface area contributed by atoms with Gasteiger partial charge in [0.1, 0.15) is 5.82 Å². The first kappa shape index (κ1) is 11.9. The summed E-state index contributed by atoms with van der Waals surface area (Å²) < 4.78 is 13.5. The lowest BCUT2D eigenvalue weighted by atomic mass is 10.1. The van der Waals surface area contributed by atoms with E-state index >= 15 is 0 Å².